The molecule has 0 spiro atoms. The molecule has 0 atom stereocenters. The molecule has 1 heterocycles. The van der Waals surface area contributed by atoms with Gasteiger partial charge < -0.3 is 5.32 Å². The summed E-state index contributed by atoms with van der Waals surface area (Å²) < 4.78 is 2.27. The minimum absolute atomic E-state index is 0.208. The van der Waals surface area contributed by atoms with Crippen molar-refractivity contribution in [2.45, 2.75) is 0 Å². The van der Waals surface area contributed by atoms with Crippen LogP contribution in [0.2, 0.25) is 10.0 Å². The highest BCUT2D eigenvalue weighted by Gasteiger charge is 2.16. The van der Waals surface area contributed by atoms with Crippen molar-refractivity contribution < 1.29 is 4.79 Å². The van der Waals surface area contributed by atoms with Gasteiger partial charge in [0.1, 0.15) is 3.70 Å². The number of carbonyl (C=O) groups excluding carboxylic acids is 1. The molecular weight excluding hydrogens is 460 g/mol. The summed E-state index contributed by atoms with van der Waals surface area (Å²) in [5.74, 6) is -0.208. The van der Waals surface area contributed by atoms with E-state index in [4.69, 9.17) is 23.2 Å². The Morgan fingerprint density at radius 3 is 2.58 bits per heavy atom. The molecule has 0 unspecified atom stereocenters. The fraction of sp³-hybridized carbons (Fsp3) is 0.0588. The van der Waals surface area contributed by atoms with Crippen molar-refractivity contribution in [3.63, 3.8) is 0 Å². The highest BCUT2D eigenvalue weighted by atomic mass is 127. The maximum atomic E-state index is 12.5. The van der Waals surface area contributed by atoms with Crippen LogP contribution in [-0.4, -0.2) is 15.7 Å². The number of halogens is 3. The van der Waals surface area contributed by atoms with Gasteiger partial charge in [-0.05, 0) is 46.4 Å². The molecule has 2 aromatic carbocycles. The van der Waals surface area contributed by atoms with Crippen molar-refractivity contribution in [3.05, 3.63) is 68.0 Å². The van der Waals surface area contributed by atoms with Crippen LogP contribution in [0.15, 0.2) is 48.7 Å². The van der Waals surface area contributed by atoms with Gasteiger partial charge in [-0.25, -0.2) is 0 Å². The largest absolute Gasteiger partial charge is 0.321 e. The second-order valence-corrected chi connectivity index (χ2v) is 6.97. The van der Waals surface area contributed by atoms with Crippen LogP contribution in [0.5, 0.6) is 0 Å². The Morgan fingerprint density at radius 2 is 1.92 bits per heavy atom. The molecule has 24 heavy (non-hydrogen) atoms. The van der Waals surface area contributed by atoms with E-state index in [9.17, 15) is 4.79 Å². The Hall–Kier alpha value is -1.57. The third-order valence-corrected chi connectivity index (χ3v) is 4.97. The number of hydrogen-bond donors (Lipinski definition) is 1. The van der Waals surface area contributed by atoms with Gasteiger partial charge in [0.25, 0.3) is 5.91 Å². The molecule has 1 aromatic heterocycles. The number of anilines is 1. The van der Waals surface area contributed by atoms with E-state index in [0.717, 1.165) is 11.1 Å². The van der Waals surface area contributed by atoms with Crippen LogP contribution < -0.4 is 5.32 Å². The molecule has 1 amide bonds. The topological polar surface area (TPSA) is 46.9 Å². The normalized spacial score (nSPS) is 10.7. The van der Waals surface area contributed by atoms with Crippen LogP contribution in [0.3, 0.4) is 0 Å². The molecule has 7 heteroatoms. The van der Waals surface area contributed by atoms with Gasteiger partial charge in [0.15, 0.2) is 0 Å². The second-order valence-electron chi connectivity index (χ2n) is 5.14. The SMILES string of the molecule is Cn1cc(C(=O)Nc2ccccc2-c2ccc(Cl)c(Cl)c2)c(I)n1. The van der Waals surface area contributed by atoms with Crippen LogP contribution in [0.1, 0.15) is 10.4 Å². The number of benzene rings is 2. The molecule has 0 aliphatic heterocycles. The van der Waals surface area contributed by atoms with Gasteiger partial charge in [0.05, 0.1) is 15.6 Å². The summed E-state index contributed by atoms with van der Waals surface area (Å²) in [6, 6.07) is 12.9. The van der Waals surface area contributed by atoms with E-state index < -0.39 is 0 Å². The van der Waals surface area contributed by atoms with Crippen molar-refractivity contribution in [3.8, 4) is 11.1 Å². The molecule has 0 aliphatic rings. The fourth-order valence-electron chi connectivity index (χ4n) is 2.31. The van der Waals surface area contributed by atoms with E-state index in [-0.39, 0.29) is 5.91 Å². The minimum atomic E-state index is -0.208. The third-order valence-electron chi connectivity index (χ3n) is 3.43. The van der Waals surface area contributed by atoms with E-state index in [2.05, 4.69) is 10.4 Å². The number of para-hydroxylation sites is 1. The average molecular weight is 472 g/mol. The van der Waals surface area contributed by atoms with E-state index in [1.807, 2.05) is 52.9 Å². The Kier molecular flexibility index (Phi) is 5.12. The molecule has 0 saturated heterocycles. The van der Waals surface area contributed by atoms with Gasteiger partial charge in [-0.2, -0.15) is 5.10 Å². The van der Waals surface area contributed by atoms with Gasteiger partial charge in [0.2, 0.25) is 0 Å². The van der Waals surface area contributed by atoms with Crippen molar-refractivity contribution in [2.24, 2.45) is 7.05 Å². The van der Waals surface area contributed by atoms with Crippen molar-refractivity contribution in [2.75, 3.05) is 5.32 Å². The zero-order valence-corrected chi connectivity index (χ0v) is 16.2. The Morgan fingerprint density at radius 1 is 1.17 bits per heavy atom. The quantitative estimate of drug-likeness (QED) is 0.530. The monoisotopic (exact) mass is 471 g/mol. The zero-order chi connectivity index (χ0) is 17.3. The summed E-state index contributed by atoms with van der Waals surface area (Å²) in [6.07, 6.45) is 1.69. The van der Waals surface area contributed by atoms with Crippen LogP contribution in [0.4, 0.5) is 5.69 Å². The molecule has 122 valence electrons. The Balaban J connectivity index is 1.96. The number of carbonyl (C=O) groups is 1. The molecule has 0 saturated carbocycles. The molecule has 0 radical (unpaired) electrons. The number of hydrogen-bond acceptors (Lipinski definition) is 2. The molecule has 0 aliphatic carbocycles. The predicted molar refractivity (Wildman–Crippen MR) is 106 cm³/mol. The first-order chi connectivity index (χ1) is 11.5. The lowest BCUT2D eigenvalue weighted by molar-refractivity contribution is 0.102. The van der Waals surface area contributed by atoms with E-state index in [0.29, 0.717) is 25.0 Å². The summed E-state index contributed by atoms with van der Waals surface area (Å²) >= 11 is 14.1. The molecule has 3 rings (SSSR count). The van der Waals surface area contributed by atoms with Gasteiger partial charge >= 0.3 is 0 Å². The lowest BCUT2D eigenvalue weighted by Gasteiger charge is -2.11. The number of aryl methyl sites for hydroxylation is 1. The molecule has 3 aromatic rings. The maximum Gasteiger partial charge on any atom is 0.259 e. The van der Waals surface area contributed by atoms with E-state index >= 15 is 0 Å². The number of nitrogens with zero attached hydrogens (tertiary/aromatic N) is 2. The highest BCUT2D eigenvalue weighted by Crippen LogP contribution is 2.33. The first kappa shape index (κ1) is 17.3. The molecule has 4 nitrogen and oxygen atoms in total. The lowest BCUT2D eigenvalue weighted by Crippen LogP contribution is -2.13. The summed E-state index contributed by atoms with van der Waals surface area (Å²) in [5, 5.41) is 8.09. The smallest absolute Gasteiger partial charge is 0.259 e. The molecule has 1 N–H and O–H groups in total. The van der Waals surface area contributed by atoms with Gasteiger partial charge in [0, 0.05) is 24.5 Å². The predicted octanol–water partition coefficient (Wildman–Crippen LogP) is 5.25. The van der Waals surface area contributed by atoms with Crippen molar-refractivity contribution in [1.29, 1.82) is 0 Å². The van der Waals surface area contributed by atoms with Gasteiger partial charge in [-0.15, -0.1) is 0 Å². The van der Waals surface area contributed by atoms with E-state index in [1.165, 1.54) is 0 Å². The standard InChI is InChI=1S/C17H12Cl2IN3O/c1-23-9-12(16(20)22-23)17(24)21-15-5-3-2-4-11(15)10-6-7-13(18)14(19)8-10/h2-9H,1H3,(H,21,24). The number of nitrogens with one attached hydrogen (secondary N) is 1. The van der Waals surface area contributed by atoms with Crippen LogP contribution >= 0.6 is 45.8 Å². The average Bonchev–Trinajstić information content (AvgIpc) is 2.89. The van der Waals surface area contributed by atoms with Crippen LogP contribution in [0, 0.1) is 3.70 Å². The maximum absolute atomic E-state index is 12.5. The van der Waals surface area contributed by atoms with Crippen molar-refractivity contribution >= 4 is 57.4 Å². The second kappa shape index (κ2) is 7.13. The van der Waals surface area contributed by atoms with Crippen molar-refractivity contribution in [1.82, 2.24) is 9.78 Å². The Labute approximate surface area is 162 Å². The number of amides is 1. The lowest BCUT2D eigenvalue weighted by atomic mass is 10.0. The zero-order valence-electron chi connectivity index (χ0n) is 12.6. The summed E-state index contributed by atoms with van der Waals surface area (Å²) in [6.45, 7) is 0. The van der Waals surface area contributed by atoms with Crippen LogP contribution in [-0.2, 0) is 7.05 Å². The first-order valence-corrected chi connectivity index (χ1v) is 8.84. The van der Waals surface area contributed by atoms with Crippen LogP contribution in [0.25, 0.3) is 11.1 Å². The fourth-order valence-corrected chi connectivity index (χ4v) is 3.33. The highest BCUT2D eigenvalue weighted by molar-refractivity contribution is 14.1. The van der Waals surface area contributed by atoms with E-state index in [1.54, 1.807) is 30.1 Å². The third kappa shape index (κ3) is 3.58. The molecule has 0 bridgehead atoms. The summed E-state index contributed by atoms with van der Waals surface area (Å²) in [4.78, 5) is 12.5. The summed E-state index contributed by atoms with van der Waals surface area (Å²) in [7, 11) is 1.78. The minimum Gasteiger partial charge on any atom is -0.321 e. The molecular formula is C17H12Cl2IN3O. The summed E-state index contributed by atoms with van der Waals surface area (Å²) in [5.41, 5.74) is 2.96. The number of rotatable bonds is 3. The first-order valence-electron chi connectivity index (χ1n) is 7.00. The van der Waals surface area contributed by atoms with Gasteiger partial charge in [-0.3, -0.25) is 9.48 Å². The number of aromatic nitrogens is 2. The van der Waals surface area contributed by atoms with Gasteiger partial charge in [-0.1, -0.05) is 47.5 Å². The molecule has 0 fully saturated rings. The Bertz CT molecular complexity index is 924.